The zero-order valence-electron chi connectivity index (χ0n) is 17.0. The minimum Gasteiger partial charge on any atom is -0.352 e. The zero-order valence-corrected chi connectivity index (χ0v) is 17.0. The van der Waals surface area contributed by atoms with Gasteiger partial charge in [-0.25, -0.2) is 4.68 Å². The SMILES string of the molecule is Cc1c(C(=O)NCC(C)C)c(C)n2cnn(CC(=O)Nc3ccccc3)c(=O)c12. The molecule has 1 aromatic carbocycles. The molecule has 2 amide bonds. The molecule has 0 aliphatic rings. The van der Waals surface area contributed by atoms with E-state index < -0.39 is 5.56 Å². The number of benzene rings is 1. The highest BCUT2D eigenvalue weighted by Crippen LogP contribution is 2.19. The number of nitrogens with one attached hydrogen (secondary N) is 2. The van der Waals surface area contributed by atoms with Crippen LogP contribution in [-0.4, -0.2) is 32.5 Å². The van der Waals surface area contributed by atoms with E-state index in [-0.39, 0.29) is 18.4 Å². The summed E-state index contributed by atoms with van der Waals surface area (Å²) in [5.41, 5.74) is 2.26. The summed E-state index contributed by atoms with van der Waals surface area (Å²) in [4.78, 5) is 37.9. The average Bonchev–Trinajstić information content (AvgIpc) is 2.93. The van der Waals surface area contributed by atoms with Crippen molar-refractivity contribution in [2.45, 2.75) is 34.2 Å². The van der Waals surface area contributed by atoms with Gasteiger partial charge in [0.2, 0.25) is 5.91 Å². The Bertz CT molecular complexity index is 1110. The third-order valence-corrected chi connectivity index (χ3v) is 4.69. The molecule has 0 saturated heterocycles. The molecule has 0 unspecified atom stereocenters. The van der Waals surface area contributed by atoms with Crippen LogP contribution in [0, 0.1) is 19.8 Å². The lowest BCUT2D eigenvalue weighted by Gasteiger charge is -2.08. The van der Waals surface area contributed by atoms with Crippen molar-refractivity contribution in [2.24, 2.45) is 5.92 Å². The van der Waals surface area contributed by atoms with E-state index in [1.54, 1.807) is 30.4 Å². The molecule has 0 spiro atoms. The van der Waals surface area contributed by atoms with Gasteiger partial charge < -0.3 is 10.6 Å². The number of aryl methyl sites for hydroxylation is 2. The molecular formula is C21H25N5O3. The molecule has 2 heterocycles. The average molecular weight is 395 g/mol. The lowest BCUT2D eigenvalue weighted by Crippen LogP contribution is -2.30. The van der Waals surface area contributed by atoms with Gasteiger partial charge in [-0.05, 0) is 37.5 Å². The molecule has 0 saturated carbocycles. The van der Waals surface area contributed by atoms with Gasteiger partial charge in [-0.15, -0.1) is 0 Å². The first-order valence-electron chi connectivity index (χ1n) is 9.50. The van der Waals surface area contributed by atoms with Crippen LogP contribution in [0.1, 0.15) is 35.5 Å². The lowest BCUT2D eigenvalue weighted by molar-refractivity contribution is -0.117. The van der Waals surface area contributed by atoms with Gasteiger partial charge >= 0.3 is 0 Å². The second-order valence-corrected chi connectivity index (χ2v) is 7.42. The molecule has 0 fully saturated rings. The monoisotopic (exact) mass is 395 g/mol. The summed E-state index contributed by atoms with van der Waals surface area (Å²) in [6.45, 7) is 7.87. The highest BCUT2D eigenvalue weighted by molar-refractivity contribution is 5.99. The van der Waals surface area contributed by atoms with Gasteiger partial charge in [-0.3, -0.25) is 18.8 Å². The Kier molecular flexibility index (Phi) is 5.81. The van der Waals surface area contributed by atoms with E-state index in [9.17, 15) is 14.4 Å². The van der Waals surface area contributed by atoms with Crippen LogP contribution in [0.4, 0.5) is 5.69 Å². The van der Waals surface area contributed by atoms with E-state index in [1.165, 1.54) is 6.33 Å². The number of carbonyl (C=O) groups is 2. The van der Waals surface area contributed by atoms with Crippen molar-refractivity contribution in [3.63, 3.8) is 0 Å². The summed E-state index contributed by atoms with van der Waals surface area (Å²) < 4.78 is 2.71. The molecule has 8 nitrogen and oxygen atoms in total. The number of anilines is 1. The van der Waals surface area contributed by atoms with Crippen LogP contribution < -0.4 is 16.2 Å². The van der Waals surface area contributed by atoms with Crippen LogP contribution in [-0.2, 0) is 11.3 Å². The first-order chi connectivity index (χ1) is 13.8. The third kappa shape index (κ3) is 4.21. The highest BCUT2D eigenvalue weighted by Gasteiger charge is 2.22. The Balaban J connectivity index is 1.91. The van der Waals surface area contributed by atoms with Crippen LogP contribution in [0.15, 0.2) is 41.5 Å². The fourth-order valence-corrected chi connectivity index (χ4v) is 3.25. The second-order valence-electron chi connectivity index (χ2n) is 7.42. The van der Waals surface area contributed by atoms with E-state index >= 15 is 0 Å². The number of hydrogen-bond acceptors (Lipinski definition) is 4. The van der Waals surface area contributed by atoms with Gasteiger partial charge in [0.15, 0.2) is 0 Å². The molecule has 0 bridgehead atoms. The summed E-state index contributed by atoms with van der Waals surface area (Å²) >= 11 is 0. The van der Waals surface area contributed by atoms with Gasteiger partial charge in [-0.2, -0.15) is 5.10 Å². The maximum Gasteiger partial charge on any atom is 0.291 e. The molecular weight excluding hydrogens is 370 g/mol. The Hall–Kier alpha value is -3.42. The molecule has 0 aliphatic heterocycles. The predicted molar refractivity (Wildman–Crippen MR) is 111 cm³/mol. The quantitative estimate of drug-likeness (QED) is 0.668. The predicted octanol–water partition coefficient (Wildman–Crippen LogP) is 2.14. The summed E-state index contributed by atoms with van der Waals surface area (Å²) in [6, 6.07) is 9.00. The van der Waals surface area contributed by atoms with Gasteiger partial charge in [0.1, 0.15) is 18.4 Å². The normalized spacial score (nSPS) is 11.1. The number of aromatic nitrogens is 3. The number of fused-ring (bicyclic) bond motifs is 1. The van der Waals surface area contributed by atoms with Crippen LogP contribution in [0.5, 0.6) is 0 Å². The maximum atomic E-state index is 13.0. The van der Waals surface area contributed by atoms with Crippen molar-refractivity contribution >= 4 is 23.0 Å². The standard InChI is InChI=1S/C21H25N5O3/c1-13(2)10-22-20(28)18-14(3)19-21(29)26(23-12-25(19)15(18)4)11-17(27)24-16-8-6-5-7-9-16/h5-9,12-13H,10-11H2,1-4H3,(H,22,28)(H,24,27). The smallest absolute Gasteiger partial charge is 0.291 e. The second kappa shape index (κ2) is 8.30. The lowest BCUT2D eigenvalue weighted by atomic mass is 10.1. The highest BCUT2D eigenvalue weighted by atomic mass is 16.2. The molecule has 152 valence electrons. The number of nitrogens with zero attached hydrogens (tertiary/aromatic N) is 3. The molecule has 3 aromatic rings. The largest absolute Gasteiger partial charge is 0.352 e. The van der Waals surface area contributed by atoms with Crippen LogP contribution >= 0.6 is 0 Å². The molecule has 2 N–H and O–H groups in total. The molecule has 0 radical (unpaired) electrons. The minimum absolute atomic E-state index is 0.217. The number of amides is 2. The van der Waals surface area contributed by atoms with E-state index in [1.807, 2.05) is 32.0 Å². The first-order valence-corrected chi connectivity index (χ1v) is 9.50. The topological polar surface area (TPSA) is 97.5 Å². The molecule has 2 aromatic heterocycles. The zero-order chi connectivity index (χ0) is 21.1. The van der Waals surface area contributed by atoms with E-state index in [0.29, 0.717) is 40.5 Å². The Morgan fingerprint density at radius 1 is 1.14 bits per heavy atom. The van der Waals surface area contributed by atoms with Gasteiger partial charge in [-0.1, -0.05) is 32.0 Å². The van der Waals surface area contributed by atoms with Crippen molar-refractivity contribution in [1.82, 2.24) is 19.5 Å². The third-order valence-electron chi connectivity index (χ3n) is 4.69. The number of hydrogen-bond donors (Lipinski definition) is 2. The first kappa shape index (κ1) is 20.3. The van der Waals surface area contributed by atoms with Crippen LogP contribution in [0.2, 0.25) is 0 Å². The molecule has 8 heteroatoms. The Morgan fingerprint density at radius 3 is 2.48 bits per heavy atom. The maximum absolute atomic E-state index is 13.0. The van der Waals surface area contributed by atoms with Crippen LogP contribution in [0.3, 0.4) is 0 Å². The van der Waals surface area contributed by atoms with E-state index in [0.717, 1.165) is 4.68 Å². The van der Waals surface area contributed by atoms with E-state index in [4.69, 9.17) is 0 Å². The Morgan fingerprint density at radius 2 is 1.83 bits per heavy atom. The minimum atomic E-state index is -0.417. The summed E-state index contributed by atoms with van der Waals surface area (Å²) in [5, 5.41) is 9.73. The number of para-hydroxylation sites is 1. The summed E-state index contributed by atoms with van der Waals surface area (Å²) in [6.07, 6.45) is 1.47. The van der Waals surface area contributed by atoms with Gasteiger partial charge in [0.05, 0.1) is 5.56 Å². The van der Waals surface area contributed by atoms with Crippen molar-refractivity contribution < 1.29 is 9.59 Å². The van der Waals surface area contributed by atoms with Crippen LogP contribution in [0.25, 0.3) is 5.52 Å². The van der Waals surface area contributed by atoms with Crippen molar-refractivity contribution in [3.8, 4) is 0 Å². The van der Waals surface area contributed by atoms with Crippen molar-refractivity contribution in [2.75, 3.05) is 11.9 Å². The number of carbonyl (C=O) groups excluding carboxylic acids is 2. The van der Waals surface area contributed by atoms with Gasteiger partial charge in [0, 0.05) is 17.9 Å². The number of rotatable bonds is 6. The van der Waals surface area contributed by atoms with Crippen molar-refractivity contribution in [3.05, 3.63) is 63.8 Å². The van der Waals surface area contributed by atoms with Gasteiger partial charge in [0.25, 0.3) is 11.5 Å². The molecule has 0 aliphatic carbocycles. The fraction of sp³-hybridized carbons (Fsp3) is 0.333. The summed E-state index contributed by atoms with van der Waals surface area (Å²) in [7, 11) is 0. The summed E-state index contributed by atoms with van der Waals surface area (Å²) in [5.74, 6) is -0.255. The van der Waals surface area contributed by atoms with E-state index in [2.05, 4.69) is 15.7 Å². The molecule has 3 rings (SSSR count). The molecule has 29 heavy (non-hydrogen) atoms. The Labute approximate surface area is 168 Å². The molecule has 0 atom stereocenters. The van der Waals surface area contributed by atoms with Crippen molar-refractivity contribution in [1.29, 1.82) is 0 Å². The fourth-order valence-electron chi connectivity index (χ4n) is 3.25.